The lowest BCUT2D eigenvalue weighted by Crippen LogP contribution is -2.22. The highest BCUT2D eigenvalue weighted by atomic mass is 16.5. The molecule has 1 saturated carbocycles. The highest BCUT2D eigenvalue weighted by molar-refractivity contribution is 6.60. The Morgan fingerprint density at radius 1 is 0.750 bits per heavy atom. The molecule has 0 heterocycles. The molecule has 10 aromatic carbocycles. The maximum absolute atomic E-state index is 13.3. The molecule has 0 N–H and O–H groups in total. The molecule has 5 unspecified atom stereocenters. The Balaban J connectivity index is 1.06. The summed E-state index contributed by atoms with van der Waals surface area (Å²) in [6.07, 6.45) is 11.1. The van der Waals surface area contributed by atoms with Gasteiger partial charge in [0, 0.05) is 29.1 Å². The minimum atomic E-state index is -0.0577. The second-order valence-corrected chi connectivity index (χ2v) is 20.5. The first-order valence-corrected chi connectivity index (χ1v) is 21.8. The van der Waals surface area contributed by atoms with Crippen LogP contribution >= 0.6 is 0 Å². The van der Waals surface area contributed by atoms with E-state index in [2.05, 4.69) is 62.4 Å². The zero-order valence-corrected chi connectivity index (χ0v) is 31.6. The summed E-state index contributed by atoms with van der Waals surface area (Å²) in [5, 5.41) is 28.1. The molecule has 0 saturated heterocycles. The van der Waals surface area contributed by atoms with Gasteiger partial charge in [-0.3, -0.25) is 4.79 Å². The van der Waals surface area contributed by atoms with Crippen molar-refractivity contribution in [3.8, 4) is 0 Å². The monoisotopic (exact) mass is 716 g/mol. The number of allylic oxidation sites excluding steroid dienone is 2. The van der Waals surface area contributed by atoms with E-state index >= 15 is 0 Å². The number of hydrogen-bond donors (Lipinski definition) is 0. The number of hydrogen-bond acceptors (Lipinski definition) is 2. The lowest BCUT2D eigenvalue weighted by atomic mass is 9.75. The van der Waals surface area contributed by atoms with Crippen molar-refractivity contribution in [2.45, 2.75) is 93.8 Å². The molecule has 2 nitrogen and oxygen atoms in total. The number of ether oxygens (including phenoxy) is 1. The van der Waals surface area contributed by atoms with Crippen molar-refractivity contribution in [2.75, 3.05) is 6.61 Å². The van der Waals surface area contributed by atoms with Crippen LogP contribution in [-0.4, -0.2) is 12.6 Å². The summed E-state index contributed by atoms with van der Waals surface area (Å²) < 4.78 is 5.79. The molecule has 18 rings (SSSR count). The summed E-state index contributed by atoms with van der Waals surface area (Å²) in [5.41, 5.74) is 18.2. The fraction of sp³-hybridized carbons (Fsp3) is 0.315. The molecule has 0 radical (unpaired) electrons. The predicted molar refractivity (Wildman–Crippen MR) is 227 cm³/mol. The molecular formula is C54H36O2. The van der Waals surface area contributed by atoms with Gasteiger partial charge in [0.1, 0.15) is 0 Å². The van der Waals surface area contributed by atoms with Crippen LogP contribution in [0.25, 0.3) is 97.3 Å². The van der Waals surface area contributed by atoms with Crippen LogP contribution in [0.15, 0.2) is 48.5 Å². The molecule has 0 bridgehead atoms. The quantitative estimate of drug-likeness (QED) is 0.121. The summed E-state index contributed by atoms with van der Waals surface area (Å²) >= 11 is 0. The first-order valence-electron chi connectivity index (χ1n) is 21.8. The van der Waals surface area contributed by atoms with Gasteiger partial charge >= 0.3 is 5.97 Å². The molecule has 0 aromatic heterocycles. The van der Waals surface area contributed by atoms with E-state index in [-0.39, 0.29) is 16.8 Å². The highest BCUT2D eigenvalue weighted by Gasteiger charge is 2.81. The SMILES string of the molecule is CC(C)COC(=O)CCCC1(c2ccccc2)C2c3cc4c5c6c(cc7c8c9c%10c%11c%12c%13c%14c%15c(c%16c3c5c3c%16c%14c%12c9c3c68)C21CC%15C=C%13CC%11CC=%10C7)C4. The normalized spacial score (nSPS) is 27.7. The van der Waals surface area contributed by atoms with Gasteiger partial charge in [-0.25, -0.2) is 0 Å². The second-order valence-electron chi connectivity index (χ2n) is 20.5. The lowest BCUT2D eigenvalue weighted by molar-refractivity contribution is -0.144. The first-order chi connectivity index (χ1) is 27.5. The summed E-state index contributed by atoms with van der Waals surface area (Å²) in [6.45, 7) is 4.76. The van der Waals surface area contributed by atoms with Gasteiger partial charge in [-0.2, -0.15) is 0 Å². The van der Waals surface area contributed by atoms with E-state index in [4.69, 9.17) is 4.74 Å². The van der Waals surface area contributed by atoms with Crippen molar-refractivity contribution in [3.05, 3.63) is 104 Å². The maximum Gasteiger partial charge on any atom is 0.305 e. The van der Waals surface area contributed by atoms with Gasteiger partial charge in [-0.15, -0.1) is 0 Å². The van der Waals surface area contributed by atoms with Crippen molar-refractivity contribution < 1.29 is 9.53 Å². The molecule has 10 aromatic rings. The summed E-state index contributed by atoms with van der Waals surface area (Å²) in [5.74, 6) is 1.81. The van der Waals surface area contributed by atoms with Gasteiger partial charge in [0.05, 0.1) is 6.61 Å². The van der Waals surface area contributed by atoms with Crippen LogP contribution in [0.1, 0.15) is 120 Å². The fourth-order valence-electron chi connectivity index (χ4n) is 17.2. The van der Waals surface area contributed by atoms with Crippen LogP contribution in [0.5, 0.6) is 0 Å². The number of carbonyl (C=O) groups is 1. The Morgan fingerprint density at radius 2 is 1.45 bits per heavy atom. The topological polar surface area (TPSA) is 26.3 Å². The molecule has 8 aliphatic rings. The third-order valence-electron chi connectivity index (χ3n) is 18.2. The largest absolute Gasteiger partial charge is 0.465 e. The van der Waals surface area contributed by atoms with E-state index < -0.39 is 0 Å². The summed E-state index contributed by atoms with van der Waals surface area (Å²) in [4.78, 5) is 13.3. The number of carbonyl (C=O) groups excluding carboxylic acids is 1. The van der Waals surface area contributed by atoms with E-state index in [1.807, 2.05) is 0 Å². The molecular weight excluding hydrogens is 681 g/mol. The number of benzene rings is 7. The summed E-state index contributed by atoms with van der Waals surface area (Å²) in [6, 6.07) is 17.2. The minimum Gasteiger partial charge on any atom is -0.465 e. The average molecular weight is 717 g/mol. The first kappa shape index (κ1) is 27.4. The van der Waals surface area contributed by atoms with Gasteiger partial charge in [-0.1, -0.05) is 68.0 Å². The predicted octanol–water partition coefficient (Wildman–Crippen LogP) is 11.9. The Morgan fingerprint density at radius 3 is 2.29 bits per heavy atom. The van der Waals surface area contributed by atoms with Crippen LogP contribution in [-0.2, 0) is 33.2 Å². The number of fused-ring (bicyclic) bond motifs is 1. The standard InChI is InChI=1S/C54H36O2/c1-20(2)19-56-30(55)9-6-10-53(28-7-4-3-5-8-28)52-29-17-26-15-23-13-24-12-21-11-22-14-25-16-27-18-54(52,53)51-37(27)42-36(25)41-32(22)31(21)39-35(24)40-33(23)34(26)43-38(29)50(51)49-47(42)45(41)44(39)46(40)48(43)49/h3-5,7-8,13,16-17,20,22,27,52H,6,9-12,14-15,18-19H2,1-2H3. The molecule has 56 heavy (non-hydrogen) atoms. The third kappa shape index (κ3) is 2.24. The zero-order chi connectivity index (χ0) is 35.8. The average Bonchev–Trinajstić information content (AvgIpc) is 3.88. The van der Waals surface area contributed by atoms with Crippen molar-refractivity contribution in [1.82, 2.24) is 0 Å². The molecule has 0 amide bonds. The summed E-state index contributed by atoms with van der Waals surface area (Å²) in [7, 11) is 0. The number of esters is 1. The minimum absolute atomic E-state index is 0.0211. The molecule has 8 aliphatic carbocycles. The maximum atomic E-state index is 13.3. The third-order valence-corrected chi connectivity index (χ3v) is 18.2. The van der Waals surface area contributed by atoms with Crippen LogP contribution < -0.4 is 5.22 Å². The van der Waals surface area contributed by atoms with Crippen LogP contribution in [0.3, 0.4) is 0 Å². The molecule has 2 heteroatoms. The van der Waals surface area contributed by atoms with Gasteiger partial charge in [0.25, 0.3) is 0 Å². The van der Waals surface area contributed by atoms with E-state index in [1.165, 1.54) is 24.8 Å². The van der Waals surface area contributed by atoms with Crippen molar-refractivity contribution in [1.29, 1.82) is 0 Å². The van der Waals surface area contributed by atoms with Crippen LogP contribution in [0, 0.1) is 5.92 Å². The van der Waals surface area contributed by atoms with Crippen LogP contribution in [0.4, 0.5) is 0 Å². The Hall–Kier alpha value is -5.21. The fourth-order valence-corrected chi connectivity index (χ4v) is 17.2. The molecule has 1 fully saturated rings. The van der Waals surface area contributed by atoms with E-state index in [9.17, 15) is 4.79 Å². The smallest absolute Gasteiger partial charge is 0.305 e. The lowest BCUT2D eigenvalue weighted by Gasteiger charge is -2.28. The highest BCUT2D eigenvalue weighted by Crippen LogP contribution is 2.87. The van der Waals surface area contributed by atoms with E-state index in [0.29, 0.717) is 36.7 Å². The van der Waals surface area contributed by atoms with Crippen LogP contribution in [0.2, 0.25) is 0 Å². The van der Waals surface area contributed by atoms with E-state index in [0.717, 1.165) is 25.7 Å². The molecule has 0 aliphatic heterocycles. The molecule has 1 spiro atoms. The Bertz CT molecular complexity index is 3760. The Kier molecular flexibility index (Phi) is 3.78. The van der Waals surface area contributed by atoms with Crippen molar-refractivity contribution in [3.63, 3.8) is 0 Å². The second kappa shape index (κ2) is 7.73. The van der Waals surface area contributed by atoms with Gasteiger partial charge in [0.2, 0.25) is 0 Å². The molecule has 5 atom stereocenters. The van der Waals surface area contributed by atoms with Gasteiger partial charge in [0.15, 0.2) is 0 Å². The van der Waals surface area contributed by atoms with Gasteiger partial charge in [-0.05, 0) is 204 Å². The van der Waals surface area contributed by atoms with Gasteiger partial charge < -0.3 is 4.74 Å². The van der Waals surface area contributed by atoms with Crippen molar-refractivity contribution >= 4 is 103 Å². The van der Waals surface area contributed by atoms with E-state index in [1.54, 1.807) is 147 Å². The zero-order valence-electron chi connectivity index (χ0n) is 31.6. The Labute approximate surface area is 321 Å². The number of rotatable bonds is 7. The van der Waals surface area contributed by atoms with Crippen molar-refractivity contribution in [2.24, 2.45) is 5.92 Å². The molecule has 264 valence electrons.